The van der Waals surface area contributed by atoms with E-state index in [9.17, 15) is 35.5 Å². The third-order valence-electron chi connectivity index (χ3n) is 5.21. The molecular weight excluding hydrogens is 572 g/mol. The van der Waals surface area contributed by atoms with Gasteiger partial charge in [0.05, 0.1) is 26.2 Å². The van der Waals surface area contributed by atoms with Crippen LogP contribution < -0.4 is 5.43 Å². The number of halogens is 10. The van der Waals surface area contributed by atoms with Crippen molar-refractivity contribution in [3.63, 3.8) is 0 Å². The summed E-state index contributed by atoms with van der Waals surface area (Å²) in [5.74, 6) is -5.03. The normalized spacial score (nSPS) is 13.9. The van der Waals surface area contributed by atoms with E-state index < -0.39 is 52.3 Å². The van der Waals surface area contributed by atoms with E-state index in [0.29, 0.717) is 19.0 Å². The van der Waals surface area contributed by atoms with E-state index in [-0.39, 0.29) is 33.1 Å². The molecule has 1 amide bonds. The summed E-state index contributed by atoms with van der Waals surface area (Å²) in [6, 6.07) is 3.45. The Morgan fingerprint density at radius 1 is 1.03 bits per heavy atom. The summed E-state index contributed by atoms with van der Waals surface area (Å²) in [6.07, 6.45) is -9.39. The third kappa shape index (κ3) is 8.49. The maximum atomic E-state index is 15.0. The number of carbonyl (C=O) groups is 1. The average Bonchev–Trinajstić information content (AvgIpc) is 2.77. The minimum Gasteiger partial charge on any atom is -0.285 e. The molecule has 0 aromatic heterocycles. The summed E-state index contributed by atoms with van der Waals surface area (Å²) in [6.45, 7) is 4.22. The van der Waals surface area contributed by atoms with Crippen LogP contribution in [0.5, 0.6) is 0 Å². The van der Waals surface area contributed by atoms with Crippen LogP contribution in [-0.4, -0.2) is 30.7 Å². The van der Waals surface area contributed by atoms with Crippen molar-refractivity contribution in [2.75, 3.05) is 13.6 Å². The lowest BCUT2D eigenvalue weighted by atomic mass is 9.95. The molecule has 0 saturated heterocycles. The standard InChI is InChI=1S/C24H22Cl3F7N2O/c1-12(2)6-7-36(3)35-22(37)15-5-4-13(8-17(15)24(32,33)34)20(28)11-16(23(29,30)31)14-9-18(25)21(27)19(26)10-14/h4-5,8-12,16H,6-7H2,1-3H3,(H,35,37). The fraction of sp³-hybridized carbons (Fsp3) is 0.375. The molecule has 0 radical (unpaired) electrons. The molecular formula is C24H22Cl3F7N2O. The van der Waals surface area contributed by atoms with Gasteiger partial charge in [-0.3, -0.25) is 10.2 Å². The molecule has 204 valence electrons. The van der Waals surface area contributed by atoms with E-state index in [4.69, 9.17) is 34.8 Å². The van der Waals surface area contributed by atoms with Crippen molar-refractivity contribution in [1.82, 2.24) is 10.4 Å². The van der Waals surface area contributed by atoms with E-state index in [1.165, 1.54) is 12.1 Å². The Labute approximate surface area is 224 Å². The highest BCUT2D eigenvalue weighted by Crippen LogP contribution is 2.42. The maximum absolute atomic E-state index is 15.0. The molecule has 37 heavy (non-hydrogen) atoms. The average molecular weight is 594 g/mol. The van der Waals surface area contributed by atoms with Gasteiger partial charge < -0.3 is 0 Å². The quantitative estimate of drug-likeness (QED) is 0.188. The highest BCUT2D eigenvalue weighted by molar-refractivity contribution is 6.48. The molecule has 3 nitrogen and oxygen atoms in total. The van der Waals surface area contributed by atoms with Gasteiger partial charge in [-0.2, -0.15) is 26.3 Å². The number of rotatable bonds is 8. The highest BCUT2D eigenvalue weighted by atomic mass is 35.5. The Kier molecular flexibility index (Phi) is 10.3. The van der Waals surface area contributed by atoms with Crippen molar-refractivity contribution in [3.05, 3.63) is 73.7 Å². The highest BCUT2D eigenvalue weighted by Gasteiger charge is 2.41. The fourth-order valence-corrected chi connectivity index (χ4v) is 3.86. The Balaban J connectivity index is 2.49. The first-order valence-electron chi connectivity index (χ1n) is 10.7. The van der Waals surface area contributed by atoms with E-state index in [2.05, 4.69) is 5.43 Å². The van der Waals surface area contributed by atoms with Crippen LogP contribution in [0.15, 0.2) is 36.4 Å². The first kappa shape index (κ1) is 31.2. The van der Waals surface area contributed by atoms with Gasteiger partial charge in [0.25, 0.3) is 5.91 Å². The lowest BCUT2D eigenvalue weighted by Gasteiger charge is -2.21. The second-order valence-electron chi connectivity index (χ2n) is 8.64. The summed E-state index contributed by atoms with van der Waals surface area (Å²) in [4.78, 5) is 12.5. The SMILES string of the molecule is CC(C)CCN(C)NC(=O)c1ccc(C(F)=CC(c2cc(Cl)c(Cl)c(Cl)c2)C(F)(F)F)cc1C(F)(F)F. The first-order valence-corrected chi connectivity index (χ1v) is 11.9. The van der Waals surface area contributed by atoms with Crippen LogP contribution in [0.2, 0.25) is 15.1 Å². The minimum absolute atomic E-state index is 0.102. The van der Waals surface area contributed by atoms with Gasteiger partial charge in [0, 0.05) is 19.2 Å². The number of hydrogen-bond acceptors (Lipinski definition) is 2. The summed E-state index contributed by atoms with van der Waals surface area (Å²) >= 11 is 17.3. The van der Waals surface area contributed by atoms with Crippen molar-refractivity contribution < 1.29 is 35.5 Å². The van der Waals surface area contributed by atoms with Crippen molar-refractivity contribution >= 4 is 46.5 Å². The monoisotopic (exact) mass is 592 g/mol. The zero-order chi connectivity index (χ0) is 28.3. The van der Waals surface area contributed by atoms with Gasteiger partial charge in [0.15, 0.2) is 0 Å². The molecule has 1 N–H and O–H groups in total. The molecule has 1 atom stereocenters. The molecule has 2 aromatic carbocycles. The van der Waals surface area contributed by atoms with Gasteiger partial charge in [0.2, 0.25) is 0 Å². The predicted octanol–water partition coefficient (Wildman–Crippen LogP) is 8.94. The molecule has 0 spiro atoms. The zero-order valence-corrected chi connectivity index (χ0v) is 21.9. The topological polar surface area (TPSA) is 32.3 Å². The van der Waals surface area contributed by atoms with Crippen LogP contribution in [0, 0.1) is 5.92 Å². The summed E-state index contributed by atoms with van der Waals surface area (Å²) in [5.41, 5.74) is -1.40. The fourth-order valence-electron chi connectivity index (χ4n) is 3.24. The van der Waals surface area contributed by atoms with E-state index >= 15 is 0 Å². The summed E-state index contributed by atoms with van der Waals surface area (Å²) in [7, 11) is 1.47. The molecule has 0 saturated carbocycles. The largest absolute Gasteiger partial charge is 0.417 e. The van der Waals surface area contributed by atoms with Crippen molar-refractivity contribution in [2.24, 2.45) is 5.92 Å². The lowest BCUT2D eigenvalue weighted by molar-refractivity contribution is -0.140. The molecule has 0 aliphatic carbocycles. The van der Waals surface area contributed by atoms with Crippen LogP contribution in [0.1, 0.15) is 53.2 Å². The van der Waals surface area contributed by atoms with Gasteiger partial charge in [0.1, 0.15) is 11.7 Å². The van der Waals surface area contributed by atoms with Gasteiger partial charge in [-0.05, 0) is 48.2 Å². The minimum atomic E-state index is -5.10. The van der Waals surface area contributed by atoms with Crippen LogP contribution >= 0.6 is 34.8 Å². The third-order valence-corrected chi connectivity index (χ3v) is 6.41. The van der Waals surface area contributed by atoms with E-state index in [1.54, 1.807) is 0 Å². The number of carbonyl (C=O) groups excluding carboxylic acids is 1. The van der Waals surface area contributed by atoms with Gasteiger partial charge >= 0.3 is 12.4 Å². The summed E-state index contributed by atoms with van der Waals surface area (Å²) < 4.78 is 97.4. The molecule has 2 rings (SSSR count). The van der Waals surface area contributed by atoms with Gasteiger partial charge in [-0.25, -0.2) is 9.40 Å². The molecule has 0 aliphatic heterocycles. The maximum Gasteiger partial charge on any atom is 0.417 e. The van der Waals surface area contributed by atoms with Crippen molar-refractivity contribution in [2.45, 2.75) is 38.5 Å². The van der Waals surface area contributed by atoms with Crippen LogP contribution in [0.3, 0.4) is 0 Å². The Bertz CT molecular complexity index is 1140. The molecule has 1 unspecified atom stereocenters. The Morgan fingerprint density at radius 3 is 2.08 bits per heavy atom. The second kappa shape index (κ2) is 12.2. The van der Waals surface area contributed by atoms with Gasteiger partial charge in [-0.1, -0.05) is 54.7 Å². The molecule has 0 heterocycles. The van der Waals surface area contributed by atoms with Crippen molar-refractivity contribution in [1.29, 1.82) is 0 Å². The second-order valence-corrected chi connectivity index (χ2v) is 9.83. The number of allylic oxidation sites excluding steroid dienone is 1. The lowest BCUT2D eigenvalue weighted by Crippen LogP contribution is -2.40. The van der Waals surface area contributed by atoms with E-state index in [1.807, 2.05) is 13.8 Å². The molecule has 0 bridgehead atoms. The van der Waals surface area contributed by atoms with Gasteiger partial charge in [-0.15, -0.1) is 0 Å². The molecule has 13 heteroatoms. The summed E-state index contributed by atoms with van der Waals surface area (Å²) in [5, 5.41) is 0.462. The van der Waals surface area contributed by atoms with Crippen LogP contribution in [-0.2, 0) is 6.18 Å². The van der Waals surface area contributed by atoms with E-state index in [0.717, 1.165) is 18.2 Å². The Hall–Kier alpha value is -2.01. The number of hydrazine groups is 1. The zero-order valence-electron chi connectivity index (χ0n) is 19.7. The number of amides is 1. The Morgan fingerprint density at radius 2 is 1.59 bits per heavy atom. The molecule has 0 fully saturated rings. The predicted molar refractivity (Wildman–Crippen MR) is 130 cm³/mol. The van der Waals surface area contributed by atoms with Crippen molar-refractivity contribution in [3.8, 4) is 0 Å². The number of alkyl halides is 6. The van der Waals surface area contributed by atoms with Crippen LogP contribution in [0.25, 0.3) is 5.83 Å². The smallest absolute Gasteiger partial charge is 0.285 e. The molecule has 0 aliphatic rings. The number of nitrogens with one attached hydrogen (secondary N) is 1. The first-order chi connectivity index (χ1) is 16.9. The number of nitrogens with zero attached hydrogens (tertiary/aromatic N) is 1. The van der Waals surface area contributed by atoms with Crippen LogP contribution in [0.4, 0.5) is 30.7 Å². The number of benzene rings is 2. The molecule has 2 aromatic rings. The number of hydrogen-bond donors (Lipinski definition) is 1.